The number of rotatable bonds is 5. The Morgan fingerprint density at radius 3 is 3.04 bits per heavy atom. The third kappa shape index (κ3) is 3.89. The van der Waals surface area contributed by atoms with Gasteiger partial charge in [0.2, 0.25) is 17.6 Å². The maximum Gasteiger partial charge on any atom is 0.228 e. The predicted molar refractivity (Wildman–Crippen MR) is 97.9 cm³/mol. The fourth-order valence-electron chi connectivity index (χ4n) is 3.09. The van der Waals surface area contributed by atoms with Crippen LogP contribution in [-0.4, -0.2) is 55.6 Å². The summed E-state index contributed by atoms with van der Waals surface area (Å²) in [6.07, 6.45) is 5.30. The summed E-state index contributed by atoms with van der Waals surface area (Å²) in [6, 6.07) is 5.55. The zero-order valence-corrected chi connectivity index (χ0v) is 15.5. The predicted octanol–water partition coefficient (Wildman–Crippen LogP) is 1.63. The molecule has 144 valence electrons. The molecule has 1 amide bonds. The lowest BCUT2D eigenvalue weighted by molar-refractivity contribution is -0.138. The molecule has 1 fully saturated rings. The highest BCUT2D eigenvalue weighted by Gasteiger charge is 2.29. The van der Waals surface area contributed by atoms with Crippen molar-refractivity contribution >= 4 is 5.91 Å². The Morgan fingerprint density at radius 2 is 2.25 bits per heavy atom. The van der Waals surface area contributed by atoms with E-state index in [9.17, 15) is 4.79 Å². The summed E-state index contributed by atoms with van der Waals surface area (Å²) in [5.41, 5.74) is 2.04. The molecule has 0 radical (unpaired) electrons. The van der Waals surface area contributed by atoms with Crippen molar-refractivity contribution in [3.05, 3.63) is 54.2 Å². The fraction of sp³-hybridized carbons (Fsp3) is 0.368. The van der Waals surface area contributed by atoms with E-state index in [0.717, 1.165) is 5.69 Å². The highest BCUT2D eigenvalue weighted by molar-refractivity contribution is 5.78. The van der Waals surface area contributed by atoms with Crippen LogP contribution in [0.5, 0.6) is 0 Å². The number of aromatic nitrogens is 5. The van der Waals surface area contributed by atoms with Gasteiger partial charge in [0.25, 0.3) is 0 Å². The highest BCUT2D eigenvalue weighted by atomic mass is 16.5. The summed E-state index contributed by atoms with van der Waals surface area (Å²) in [4.78, 5) is 31.5. The van der Waals surface area contributed by atoms with E-state index in [-0.39, 0.29) is 18.4 Å². The smallest absolute Gasteiger partial charge is 0.228 e. The second-order valence-corrected chi connectivity index (χ2v) is 6.38. The molecular weight excluding hydrogens is 360 g/mol. The second kappa shape index (κ2) is 8.22. The van der Waals surface area contributed by atoms with Crippen molar-refractivity contribution in [3.63, 3.8) is 0 Å². The topological polar surface area (TPSA) is 107 Å². The summed E-state index contributed by atoms with van der Waals surface area (Å²) in [6.45, 7) is 3.29. The van der Waals surface area contributed by atoms with E-state index in [1.54, 1.807) is 17.3 Å². The molecule has 0 saturated carbocycles. The van der Waals surface area contributed by atoms with Crippen LogP contribution in [0.1, 0.15) is 30.3 Å². The molecule has 0 aliphatic carbocycles. The van der Waals surface area contributed by atoms with Gasteiger partial charge < -0.3 is 14.2 Å². The van der Waals surface area contributed by atoms with Crippen LogP contribution in [0, 0.1) is 0 Å². The number of pyridine rings is 1. The number of nitrogens with zero attached hydrogens (tertiary/aromatic N) is 6. The largest absolute Gasteiger partial charge is 0.368 e. The van der Waals surface area contributed by atoms with E-state index in [0.29, 0.717) is 49.1 Å². The van der Waals surface area contributed by atoms with Crippen molar-refractivity contribution in [3.8, 4) is 11.4 Å². The van der Waals surface area contributed by atoms with Crippen LogP contribution in [0.15, 0.2) is 41.4 Å². The number of carbonyl (C=O) groups is 1. The van der Waals surface area contributed by atoms with E-state index in [1.807, 2.05) is 25.1 Å². The molecule has 1 aliphatic heterocycles. The zero-order valence-electron chi connectivity index (χ0n) is 15.5. The van der Waals surface area contributed by atoms with Gasteiger partial charge >= 0.3 is 0 Å². The molecule has 0 bridgehead atoms. The Bertz CT molecular complexity index is 946. The van der Waals surface area contributed by atoms with Crippen molar-refractivity contribution in [2.45, 2.75) is 25.9 Å². The number of morpholine rings is 1. The van der Waals surface area contributed by atoms with E-state index in [1.165, 1.54) is 6.33 Å². The molecule has 28 heavy (non-hydrogen) atoms. The van der Waals surface area contributed by atoms with Crippen LogP contribution < -0.4 is 0 Å². The lowest BCUT2D eigenvalue weighted by atomic mass is 10.1. The lowest BCUT2D eigenvalue weighted by Gasteiger charge is -2.33. The Balaban J connectivity index is 1.53. The van der Waals surface area contributed by atoms with Gasteiger partial charge in [-0.1, -0.05) is 18.1 Å². The maximum absolute atomic E-state index is 12.7. The Hall–Kier alpha value is -3.20. The third-order valence-corrected chi connectivity index (χ3v) is 4.54. The van der Waals surface area contributed by atoms with Gasteiger partial charge in [-0.3, -0.25) is 9.78 Å². The maximum atomic E-state index is 12.7. The van der Waals surface area contributed by atoms with Crippen LogP contribution in [0.4, 0.5) is 0 Å². The molecule has 4 heterocycles. The van der Waals surface area contributed by atoms with Gasteiger partial charge in [-0.05, 0) is 12.1 Å². The van der Waals surface area contributed by atoms with Gasteiger partial charge in [0.05, 0.1) is 30.8 Å². The summed E-state index contributed by atoms with van der Waals surface area (Å²) >= 11 is 0. The normalized spacial score (nSPS) is 16.9. The highest BCUT2D eigenvalue weighted by Crippen LogP contribution is 2.28. The van der Waals surface area contributed by atoms with Crippen molar-refractivity contribution in [2.75, 3.05) is 19.7 Å². The second-order valence-electron chi connectivity index (χ2n) is 6.38. The number of hydrogen-bond donors (Lipinski definition) is 0. The third-order valence-electron chi connectivity index (χ3n) is 4.54. The average Bonchev–Trinajstić information content (AvgIpc) is 3.24. The number of carbonyl (C=O) groups excluding carboxylic acids is 1. The molecule has 0 spiro atoms. The molecule has 9 nitrogen and oxygen atoms in total. The molecule has 9 heteroatoms. The molecule has 4 rings (SSSR count). The number of amides is 1. The zero-order chi connectivity index (χ0) is 19.3. The summed E-state index contributed by atoms with van der Waals surface area (Å²) < 4.78 is 11.1. The van der Waals surface area contributed by atoms with Crippen molar-refractivity contribution < 1.29 is 14.1 Å². The van der Waals surface area contributed by atoms with Crippen LogP contribution in [0.25, 0.3) is 11.4 Å². The van der Waals surface area contributed by atoms with E-state index < -0.39 is 0 Å². The molecule has 0 unspecified atom stereocenters. The molecular formula is C19H20N6O3. The number of aryl methyl sites for hydroxylation is 1. The summed E-state index contributed by atoms with van der Waals surface area (Å²) in [5, 5.41) is 4.01. The van der Waals surface area contributed by atoms with Crippen LogP contribution in [-0.2, 0) is 22.4 Å². The monoisotopic (exact) mass is 380 g/mol. The average molecular weight is 380 g/mol. The fourth-order valence-corrected chi connectivity index (χ4v) is 3.09. The Labute approximate surface area is 161 Å². The minimum atomic E-state index is -0.386. The van der Waals surface area contributed by atoms with Gasteiger partial charge in [-0.15, -0.1) is 0 Å². The lowest BCUT2D eigenvalue weighted by Crippen LogP contribution is -2.43. The molecule has 0 N–H and O–H groups in total. The van der Waals surface area contributed by atoms with Crippen molar-refractivity contribution in [1.82, 2.24) is 30.0 Å². The molecule has 1 saturated heterocycles. The first-order valence-corrected chi connectivity index (χ1v) is 9.16. The number of hydrogen-bond acceptors (Lipinski definition) is 8. The SMILES string of the molecule is CCc1nc(-c2cncnc2[C@@H]2CN(C(=O)Cc3ccccn3)CCO2)no1. The first kappa shape index (κ1) is 18.2. The molecule has 3 aromatic rings. The van der Waals surface area contributed by atoms with Crippen molar-refractivity contribution in [1.29, 1.82) is 0 Å². The van der Waals surface area contributed by atoms with Crippen LogP contribution in [0.3, 0.4) is 0 Å². The van der Waals surface area contributed by atoms with E-state index in [2.05, 4.69) is 25.1 Å². The minimum absolute atomic E-state index is 0.00966. The Morgan fingerprint density at radius 1 is 1.32 bits per heavy atom. The van der Waals surface area contributed by atoms with Crippen LogP contribution >= 0.6 is 0 Å². The first-order chi connectivity index (χ1) is 13.7. The molecule has 1 atom stereocenters. The standard InChI is InChI=1S/C19H20N6O3/c1-2-16-23-19(24-28-16)14-10-20-12-22-18(14)15-11-25(7-8-27-15)17(26)9-13-5-3-4-6-21-13/h3-6,10,12,15H,2,7-9,11H2,1H3/t15-/m0/s1. The van der Waals surface area contributed by atoms with Gasteiger partial charge in [0.1, 0.15) is 12.4 Å². The Kier molecular flexibility index (Phi) is 5.34. The summed E-state index contributed by atoms with van der Waals surface area (Å²) in [5.74, 6) is 0.977. The quantitative estimate of drug-likeness (QED) is 0.657. The van der Waals surface area contributed by atoms with E-state index in [4.69, 9.17) is 9.26 Å². The molecule has 0 aromatic carbocycles. The van der Waals surface area contributed by atoms with Gasteiger partial charge in [0.15, 0.2) is 0 Å². The molecule has 1 aliphatic rings. The van der Waals surface area contributed by atoms with Gasteiger partial charge in [-0.2, -0.15) is 4.98 Å². The summed E-state index contributed by atoms with van der Waals surface area (Å²) in [7, 11) is 0. The molecule has 3 aromatic heterocycles. The van der Waals surface area contributed by atoms with Gasteiger partial charge in [-0.25, -0.2) is 9.97 Å². The van der Waals surface area contributed by atoms with Crippen LogP contribution in [0.2, 0.25) is 0 Å². The minimum Gasteiger partial charge on any atom is -0.368 e. The van der Waals surface area contributed by atoms with E-state index >= 15 is 0 Å². The first-order valence-electron chi connectivity index (χ1n) is 9.16. The van der Waals surface area contributed by atoms with Crippen molar-refractivity contribution in [2.24, 2.45) is 0 Å². The van der Waals surface area contributed by atoms with Gasteiger partial charge in [0, 0.05) is 31.1 Å². The number of ether oxygens (including phenoxy) is 1.